The number of pyridine rings is 1. The second-order valence-corrected chi connectivity index (χ2v) is 7.66. The quantitative estimate of drug-likeness (QED) is 0.423. The van der Waals surface area contributed by atoms with Gasteiger partial charge in [-0.1, -0.05) is 35.9 Å². The Morgan fingerprint density at radius 3 is 2.81 bits per heavy atom. The van der Waals surface area contributed by atoms with Gasteiger partial charge in [0, 0.05) is 37.0 Å². The number of fused-ring (bicyclic) bond motifs is 1. The van der Waals surface area contributed by atoms with Crippen molar-refractivity contribution in [1.82, 2.24) is 24.1 Å². The molecule has 0 aliphatic carbocycles. The van der Waals surface area contributed by atoms with Gasteiger partial charge in [-0.3, -0.25) is 9.48 Å². The number of anilines is 1. The summed E-state index contributed by atoms with van der Waals surface area (Å²) in [5.41, 5.74) is 4.58. The molecule has 8 nitrogen and oxygen atoms in total. The van der Waals surface area contributed by atoms with Crippen LogP contribution in [0.25, 0.3) is 17.0 Å². The van der Waals surface area contributed by atoms with E-state index in [0.29, 0.717) is 30.3 Å². The molecule has 160 valence electrons. The molecule has 1 aromatic carbocycles. The molecular weight excluding hydrogens is 404 g/mol. The minimum atomic E-state index is -0.118. The smallest absolute Gasteiger partial charge is 0.224 e. The Labute approximate surface area is 184 Å². The maximum absolute atomic E-state index is 12.4. The van der Waals surface area contributed by atoms with Gasteiger partial charge in [0.15, 0.2) is 11.7 Å². The van der Waals surface area contributed by atoms with Crippen LogP contribution in [0.1, 0.15) is 23.6 Å². The lowest BCUT2D eigenvalue weighted by atomic mass is 10.1. The first-order chi connectivity index (χ1) is 15.6. The first-order valence-electron chi connectivity index (χ1n) is 10.4. The summed E-state index contributed by atoms with van der Waals surface area (Å²) >= 11 is 0. The molecule has 0 fully saturated rings. The molecule has 4 aromatic heterocycles. The molecule has 0 aliphatic heterocycles. The predicted molar refractivity (Wildman–Crippen MR) is 120 cm³/mol. The van der Waals surface area contributed by atoms with Crippen LogP contribution in [0.2, 0.25) is 0 Å². The third-order valence-electron chi connectivity index (χ3n) is 5.11. The normalized spacial score (nSPS) is 11.2. The zero-order chi connectivity index (χ0) is 21.9. The van der Waals surface area contributed by atoms with Gasteiger partial charge >= 0.3 is 0 Å². The Kier molecular flexibility index (Phi) is 5.25. The van der Waals surface area contributed by atoms with Crippen molar-refractivity contribution in [3.05, 3.63) is 90.6 Å². The second-order valence-electron chi connectivity index (χ2n) is 7.66. The number of rotatable bonds is 7. The van der Waals surface area contributed by atoms with Gasteiger partial charge in [-0.15, -0.1) is 0 Å². The van der Waals surface area contributed by atoms with Gasteiger partial charge in [0.25, 0.3) is 0 Å². The van der Waals surface area contributed by atoms with Crippen molar-refractivity contribution in [2.75, 3.05) is 5.32 Å². The number of benzene rings is 1. The lowest BCUT2D eigenvalue weighted by molar-refractivity contribution is -0.116. The summed E-state index contributed by atoms with van der Waals surface area (Å²) in [5, 5.41) is 7.19. The number of nitrogens with zero attached hydrogens (tertiary/aromatic N) is 5. The van der Waals surface area contributed by atoms with Crippen molar-refractivity contribution < 1.29 is 9.21 Å². The molecule has 0 unspecified atom stereocenters. The average Bonchev–Trinajstić information content (AvgIpc) is 3.52. The third-order valence-corrected chi connectivity index (χ3v) is 5.11. The first-order valence-corrected chi connectivity index (χ1v) is 10.4. The van der Waals surface area contributed by atoms with E-state index in [2.05, 4.69) is 20.4 Å². The van der Waals surface area contributed by atoms with Crippen LogP contribution >= 0.6 is 0 Å². The van der Waals surface area contributed by atoms with Crippen LogP contribution < -0.4 is 5.32 Å². The molecule has 32 heavy (non-hydrogen) atoms. The number of carbonyl (C=O) groups excluding carboxylic acids is 1. The molecule has 0 aliphatic rings. The lowest BCUT2D eigenvalue weighted by Gasteiger charge is -2.01. The number of carbonyl (C=O) groups is 1. The summed E-state index contributed by atoms with van der Waals surface area (Å²) in [6.07, 6.45) is 9.74. The van der Waals surface area contributed by atoms with Crippen LogP contribution in [0.5, 0.6) is 0 Å². The topological polar surface area (TPSA) is 90.2 Å². The van der Waals surface area contributed by atoms with Crippen molar-refractivity contribution in [3.8, 4) is 11.3 Å². The van der Waals surface area contributed by atoms with Crippen LogP contribution in [0.4, 0.5) is 5.69 Å². The molecule has 5 rings (SSSR count). The fourth-order valence-electron chi connectivity index (χ4n) is 3.47. The van der Waals surface area contributed by atoms with Gasteiger partial charge < -0.3 is 14.1 Å². The van der Waals surface area contributed by atoms with E-state index in [1.54, 1.807) is 23.3 Å². The summed E-state index contributed by atoms with van der Waals surface area (Å²) in [7, 11) is 0. The summed E-state index contributed by atoms with van der Waals surface area (Å²) < 4.78 is 9.51. The fourth-order valence-corrected chi connectivity index (χ4v) is 3.47. The van der Waals surface area contributed by atoms with Gasteiger partial charge in [-0.25, -0.2) is 9.97 Å². The molecule has 1 N–H and O–H groups in total. The molecule has 4 heterocycles. The molecule has 0 saturated heterocycles. The number of hydrogen-bond acceptors (Lipinski definition) is 5. The van der Waals surface area contributed by atoms with Crippen molar-refractivity contribution in [2.24, 2.45) is 0 Å². The predicted octanol–water partition coefficient (Wildman–Crippen LogP) is 4.11. The van der Waals surface area contributed by atoms with Crippen LogP contribution in [0.15, 0.2) is 77.9 Å². The van der Waals surface area contributed by atoms with Crippen LogP contribution in [0.3, 0.4) is 0 Å². The summed E-state index contributed by atoms with van der Waals surface area (Å²) in [5.74, 6) is 1.12. The minimum absolute atomic E-state index is 0.118. The summed E-state index contributed by atoms with van der Waals surface area (Å²) in [4.78, 5) is 21.2. The molecule has 5 aromatic rings. The maximum Gasteiger partial charge on any atom is 0.224 e. The number of amides is 1. The van der Waals surface area contributed by atoms with E-state index in [9.17, 15) is 4.79 Å². The third kappa shape index (κ3) is 4.44. The van der Waals surface area contributed by atoms with Gasteiger partial charge in [0.05, 0.1) is 30.3 Å². The number of aryl methyl sites for hydroxylation is 2. The van der Waals surface area contributed by atoms with E-state index in [1.807, 2.05) is 66.2 Å². The number of aromatic nitrogens is 5. The minimum Gasteiger partial charge on any atom is -0.441 e. The molecule has 0 radical (unpaired) electrons. The van der Waals surface area contributed by atoms with Crippen LogP contribution in [-0.2, 0) is 17.8 Å². The lowest BCUT2D eigenvalue weighted by Crippen LogP contribution is -2.12. The first kappa shape index (κ1) is 19.7. The van der Waals surface area contributed by atoms with Crippen LogP contribution in [0, 0.1) is 6.92 Å². The number of oxazole rings is 1. The van der Waals surface area contributed by atoms with Gasteiger partial charge in [-0.2, -0.15) is 5.10 Å². The maximum atomic E-state index is 12.4. The van der Waals surface area contributed by atoms with Crippen LogP contribution in [-0.4, -0.2) is 30.1 Å². The fraction of sp³-hybridized carbons (Fsp3) is 0.167. The monoisotopic (exact) mass is 426 g/mol. The Morgan fingerprint density at radius 2 is 1.97 bits per heavy atom. The van der Waals surface area contributed by atoms with Gasteiger partial charge in [0.1, 0.15) is 5.65 Å². The van der Waals surface area contributed by atoms with E-state index in [-0.39, 0.29) is 12.3 Å². The molecule has 0 bridgehead atoms. The zero-order valence-corrected chi connectivity index (χ0v) is 17.6. The van der Waals surface area contributed by atoms with Gasteiger partial charge in [0.2, 0.25) is 5.91 Å². The standard InChI is InChI=1S/C24H22N6O2/c1-17-5-7-18(8-6-17)21-13-25-24(32-21)10-9-23(31)28-19-12-26-30(15-19)16-20-14-29-11-3-2-4-22(29)27-20/h2-8,11-15H,9-10,16H2,1H3,(H,28,31). The molecular formula is C24H22N6O2. The second kappa shape index (κ2) is 8.50. The van der Waals surface area contributed by atoms with E-state index < -0.39 is 0 Å². The highest BCUT2D eigenvalue weighted by Crippen LogP contribution is 2.21. The molecule has 0 atom stereocenters. The Morgan fingerprint density at radius 1 is 1.09 bits per heavy atom. The average molecular weight is 426 g/mol. The Bertz CT molecular complexity index is 1330. The van der Waals surface area contributed by atoms with Crippen molar-refractivity contribution >= 4 is 17.2 Å². The van der Waals surface area contributed by atoms with E-state index in [1.165, 1.54) is 5.56 Å². The number of nitrogens with one attached hydrogen (secondary N) is 1. The number of hydrogen-bond donors (Lipinski definition) is 1. The summed E-state index contributed by atoms with van der Waals surface area (Å²) in [6.45, 7) is 2.56. The molecule has 8 heteroatoms. The highest BCUT2D eigenvalue weighted by molar-refractivity contribution is 5.90. The van der Waals surface area contributed by atoms with Crippen molar-refractivity contribution in [2.45, 2.75) is 26.3 Å². The molecule has 0 saturated carbocycles. The van der Waals surface area contributed by atoms with E-state index in [4.69, 9.17) is 4.42 Å². The van der Waals surface area contributed by atoms with Crippen molar-refractivity contribution in [3.63, 3.8) is 0 Å². The van der Waals surface area contributed by atoms with E-state index >= 15 is 0 Å². The zero-order valence-electron chi connectivity index (χ0n) is 17.6. The van der Waals surface area contributed by atoms with Crippen molar-refractivity contribution in [1.29, 1.82) is 0 Å². The van der Waals surface area contributed by atoms with Gasteiger partial charge in [-0.05, 0) is 19.1 Å². The summed E-state index contributed by atoms with van der Waals surface area (Å²) in [6, 6.07) is 13.9. The largest absolute Gasteiger partial charge is 0.441 e. The Balaban J connectivity index is 1.15. The molecule has 1 amide bonds. The SMILES string of the molecule is Cc1ccc(-c2cnc(CCC(=O)Nc3cnn(Cc4cn5ccccc5n4)c3)o2)cc1. The number of imidazole rings is 1. The highest BCUT2D eigenvalue weighted by atomic mass is 16.4. The Hall–Kier alpha value is -4.20. The highest BCUT2D eigenvalue weighted by Gasteiger charge is 2.11. The van der Waals surface area contributed by atoms with E-state index in [0.717, 1.165) is 16.9 Å². The molecule has 0 spiro atoms.